The van der Waals surface area contributed by atoms with Gasteiger partial charge in [-0.2, -0.15) is 0 Å². The normalized spacial score (nSPS) is 15.9. The van der Waals surface area contributed by atoms with Crippen molar-refractivity contribution in [3.05, 3.63) is 23.4 Å². The smallest absolute Gasteiger partial charge is 1.00 e. The second-order valence-electron chi connectivity index (χ2n) is 2.09. The zero-order valence-corrected chi connectivity index (χ0v) is 10.2. The van der Waals surface area contributed by atoms with Crippen molar-refractivity contribution >= 4 is 9.76 Å². The molecule has 0 saturated carbocycles. The van der Waals surface area contributed by atoms with Crippen LogP contribution in [-0.2, 0) is 4.43 Å². The number of hydrogen-bond donors (Lipinski definition) is 0. The van der Waals surface area contributed by atoms with Crippen molar-refractivity contribution in [1.82, 2.24) is 0 Å². The van der Waals surface area contributed by atoms with Crippen LogP contribution in [0.2, 0.25) is 0 Å². The molecule has 0 atom stereocenters. The average molecular weight is 164 g/mol. The molecule has 0 bridgehead atoms. The van der Waals surface area contributed by atoms with Crippen LogP contribution in [0.15, 0.2) is 23.4 Å². The Morgan fingerprint density at radius 1 is 1.80 bits per heavy atom. The summed E-state index contributed by atoms with van der Waals surface area (Å²) in [5, 5.41) is 1.52. The molecule has 10 heavy (non-hydrogen) atoms. The van der Waals surface area contributed by atoms with Gasteiger partial charge in [-0.3, -0.25) is 0 Å². The molecule has 0 N–H and O–H groups in total. The maximum absolute atomic E-state index is 5.35. The van der Waals surface area contributed by atoms with E-state index in [0.717, 1.165) is 13.0 Å². The van der Waals surface area contributed by atoms with Crippen molar-refractivity contribution in [2.24, 2.45) is 0 Å². The molecule has 0 spiro atoms. The van der Waals surface area contributed by atoms with Gasteiger partial charge in [0.25, 0.3) is 0 Å². The molecule has 0 unspecified atom stereocenters. The van der Waals surface area contributed by atoms with E-state index in [9.17, 15) is 0 Å². The summed E-state index contributed by atoms with van der Waals surface area (Å²) in [6.45, 7) is 2.93. The van der Waals surface area contributed by atoms with Gasteiger partial charge in [0.05, 0.1) is 0 Å². The Balaban J connectivity index is 0. The van der Waals surface area contributed by atoms with E-state index in [1.54, 1.807) is 0 Å². The number of allylic oxidation sites excluding steroid dienone is 4. The zero-order chi connectivity index (χ0) is 6.53. The first-order valence-electron chi connectivity index (χ1n) is 3.36. The van der Waals surface area contributed by atoms with E-state index in [1.807, 2.05) is 0 Å². The molecule has 0 aromatic heterocycles. The van der Waals surface area contributed by atoms with Crippen molar-refractivity contribution < 1.29 is 35.4 Å². The summed E-state index contributed by atoms with van der Waals surface area (Å²) in [5.41, 5.74) is 0. The molecule has 0 aromatic rings. The van der Waals surface area contributed by atoms with Gasteiger partial charge in [0.15, 0.2) is 9.76 Å². The van der Waals surface area contributed by atoms with Gasteiger partial charge in [-0.1, -0.05) is 23.4 Å². The van der Waals surface area contributed by atoms with Crippen LogP contribution in [0, 0.1) is 0 Å². The van der Waals surface area contributed by atoms with E-state index in [2.05, 4.69) is 25.2 Å². The van der Waals surface area contributed by atoms with Crippen molar-refractivity contribution in [1.29, 1.82) is 0 Å². The minimum atomic E-state index is -0.314. The van der Waals surface area contributed by atoms with E-state index in [0.29, 0.717) is 0 Å². The fraction of sp³-hybridized carbons (Fsp3) is 0.429. The first-order chi connectivity index (χ1) is 4.43. The predicted octanol–water partition coefficient (Wildman–Crippen LogP) is -1.93. The molecular weight excluding hydrogens is 151 g/mol. The van der Waals surface area contributed by atoms with Gasteiger partial charge >= 0.3 is 29.6 Å². The molecular formula is C7H13NaOSi. The molecule has 52 valence electrons. The van der Waals surface area contributed by atoms with Gasteiger partial charge in [-0.25, -0.2) is 0 Å². The van der Waals surface area contributed by atoms with Gasteiger partial charge in [-0.15, -0.1) is 0 Å². The summed E-state index contributed by atoms with van der Waals surface area (Å²) >= 11 is 0. The Bertz CT molecular complexity index is 147. The first-order valence-corrected chi connectivity index (χ1v) is 4.64. The Morgan fingerprint density at radius 3 is 3.10 bits per heavy atom. The maximum Gasteiger partial charge on any atom is 1.00 e. The van der Waals surface area contributed by atoms with E-state index >= 15 is 0 Å². The van der Waals surface area contributed by atoms with E-state index in [-0.39, 0.29) is 40.7 Å². The van der Waals surface area contributed by atoms with Gasteiger partial charge in [0.2, 0.25) is 0 Å². The second kappa shape index (κ2) is 6.37. The fourth-order valence-corrected chi connectivity index (χ4v) is 1.81. The molecule has 1 aliphatic carbocycles. The minimum Gasteiger partial charge on any atom is -1.00 e. The van der Waals surface area contributed by atoms with Gasteiger partial charge in [0.1, 0.15) is 0 Å². The summed E-state index contributed by atoms with van der Waals surface area (Å²) in [7, 11) is -0.314. The summed E-state index contributed by atoms with van der Waals surface area (Å²) in [4.78, 5) is 0. The fourth-order valence-electron chi connectivity index (χ4n) is 0.832. The van der Waals surface area contributed by atoms with Crippen LogP contribution in [0.4, 0.5) is 0 Å². The first kappa shape index (κ1) is 10.7. The van der Waals surface area contributed by atoms with E-state index in [4.69, 9.17) is 4.43 Å². The van der Waals surface area contributed by atoms with Gasteiger partial charge < -0.3 is 5.85 Å². The number of rotatable bonds is 3. The van der Waals surface area contributed by atoms with Crippen molar-refractivity contribution in [2.75, 3.05) is 6.61 Å². The topological polar surface area (TPSA) is 9.23 Å². The molecule has 1 nitrogen and oxygen atoms in total. The summed E-state index contributed by atoms with van der Waals surface area (Å²) in [6.07, 6.45) is 7.62. The molecule has 1 rings (SSSR count). The van der Waals surface area contributed by atoms with Gasteiger partial charge in [-0.05, 0) is 13.3 Å². The Morgan fingerprint density at radius 2 is 2.60 bits per heavy atom. The van der Waals surface area contributed by atoms with E-state index in [1.165, 1.54) is 5.20 Å². The second-order valence-corrected chi connectivity index (χ2v) is 3.70. The third-order valence-electron chi connectivity index (χ3n) is 1.34. The molecule has 0 aliphatic heterocycles. The molecule has 0 saturated heterocycles. The monoisotopic (exact) mass is 164 g/mol. The van der Waals surface area contributed by atoms with Crippen molar-refractivity contribution in [2.45, 2.75) is 13.3 Å². The summed E-state index contributed by atoms with van der Waals surface area (Å²) < 4.78 is 5.35. The van der Waals surface area contributed by atoms with Crippen LogP contribution < -0.4 is 29.6 Å². The predicted molar refractivity (Wildman–Crippen MR) is 43.1 cm³/mol. The Labute approximate surface area is 88.3 Å². The molecule has 0 radical (unpaired) electrons. The van der Waals surface area contributed by atoms with Crippen molar-refractivity contribution in [3.8, 4) is 0 Å². The third-order valence-corrected chi connectivity index (χ3v) is 2.85. The van der Waals surface area contributed by atoms with Crippen LogP contribution in [0.5, 0.6) is 0 Å². The van der Waals surface area contributed by atoms with Crippen LogP contribution in [0.25, 0.3) is 0 Å². The Hall–Kier alpha value is 0.657. The molecule has 3 heteroatoms. The summed E-state index contributed by atoms with van der Waals surface area (Å²) in [6, 6.07) is 0. The number of hydrogen-bond acceptors (Lipinski definition) is 1. The zero-order valence-electron chi connectivity index (χ0n) is 7.76. The maximum atomic E-state index is 5.35. The van der Waals surface area contributed by atoms with Crippen LogP contribution >= 0.6 is 0 Å². The average Bonchev–Trinajstić information content (AvgIpc) is 2.34. The summed E-state index contributed by atoms with van der Waals surface area (Å²) in [5.74, 6) is 0. The largest absolute Gasteiger partial charge is 1.00 e. The van der Waals surface area contributed by atoms with Crippen LogP contribution in [0.3, 0.4) is 0 Å². The standard InChI is InChI=1S/C7H12OSi.Na.H/c1-2-8-9-7-5-3-4-6-7;;/h3-5H,2,6,9H2,1H3;;/q;+1;-1. The molecule has 1 aliphatic rings. The van der Waals surface area contributed by atoms with Gasteiger partial charge in [0, 0.05) is 6.61 Å². The minimum absolute atomic E-state index is 0. The SMILES string of the molecule is CCO[SiH2]C1=CC=CC1.[H-].[Na+]. The molecule has 0 amide bonds. The van der Waals surface area contributed by atoms with E-state index < -0.39 is 0 Å². The molecule has 0 fully saturated rings. The molecule has 0 heterocycles. The quantitative estimate of drug-likeness (QED) is 0.441. The van der Waals surface area contributed by atoms with Crippen LogP contribution in [-0.4, -0.2) is 16.4 Å². The Kier molecular flexibility index (Phi) is 6.79. The van der Waals surface area contributed by atoms with Crippen molar-refractivity contribution in [3.63, 3.8) is 0 Å². The van der Waals surface area contributed by atoms with Crippen LogP contribution in [0.1, 0.15) is 14.8 Å². The molecule has 0 aromatic carbocycles. The third kappa shape index (κ3) is 3.74.